The van der Waals surface area contributed by atoms with Crippen molar-refractivity contribution in [3.05, 3.63) is 41.5 Å². The van der Waals surface area contributed by atoms with Gasteiger partial charge in [-0.25, -0.2) is 18.6 Å². The van der Waals surface area contributed by atoms with Crippen LogP contribution in [0.5, 0.6) is 5.88 Å². The molecule has 0 spiro atoms. The largest absolute Gasteiger partial charge is 0.479 e. The van der Waals surface area contributed by atoms with Gasteiger partial charge in [0.1, 0.15) is 5.82 Å². The number of carboxylic acid groups (broad SMARTS) is 1. The van der Waals surface area contributed by atoms with Gasteiger partial charge in [-0.05, 0) is 18.9 Å². The Hall–Kier alpha value is -2.64. The molecule has 2 aromatic rings. The molecule has 18 heteroatoms. The molecule has 40 heavy (non-hydrogen) atoms. The van der Waals surface area contributed by atoms with E-state index in [1.165, 1.54) is 12.1 Å². The maximum Gasteiger partial charge on any atom is 0.344 e. The van der Waals surface area contributed by atoms with Crippen LogP contribution in [0.3, 0.4) is 0 Å². The molecule has 0 bridgehead atoms. The lowest BCUT2D eigenvalue weighted by atomic mass is 10.2. The zero-order valence-corrected chi connectivity index (χ0v) is 24.1. The summed E-state index contributed by atoms with van der Waals surface area (Å²) in [4.78, 5) is 19.6. The van der Waals surface area contributed by atoms with E-state index in [0.29, 0.717) is 19.4 Å². The highest BCUT2D eigenvalue weighted by molar-refractivity contribution is 8.04. The highest BCUT2D eigenvalue weighted by Gasteiger charge is 2.32. The van der Waals surface area contributed by atoms with Gasteiger partial charge in [-0.2, -0.15) is 26.1 Å². The maximum absolute atomic E-state index is 14.1. The monoisotopic (exact) mass is 624 g/mol. The van der Waals surface area contributed by atoms with Crippen LogP contribution in [0.2, 0.25) is 0 Å². The van der Waals surface area contributed by atoms with Gasteiger partial charge in [0, 0.05) is 43.1 Å². The van der Waals surface area contributed by atoms with Gasteiger partial charge in [0.25, 0.3) is 10.2 Å². The first kappa shape index (κ1) is 31.9. The third-order valence-corrected chi connectivity index (χ3v) is 9.77. The number of nitrogens with one attached hydrogen (secondary N) is 3. The van der Waals surface area contributed by atoms with Gasteiger partial charge in [0.05, 0.1) is 0 Å². The number of rotatable bonds is 14. The molecule has 1 aliphatic rings. The van der Waals surface area contributed by atoms with E-state index in [1.54, 1.807) is 11.1 Å². The number of anilines is 1. The van der Waals surface area contributed by atoms with Crippen LogP contribution in [0.4, 0.5) is 14.6 Å². The standard InChI is InChI=1S/C22H30F2N6O7S3/c1-3-6-17(21(31)32)37-19-11-18(26-22(27-19)38-13-14-7-5-8-16(23)20(14)24)28-39(33,34)29-40(35,36)30-10-9-25-15(4-2)12-30/h5,7-8,11,15,17,25,29H,3-4,6,9-10,12-13H2,1-2H3,(H,31,32)(H,26,27,28)/t15-,17-/m1/s1. The summed E-state index contributed by atoms with van der Waals surface area (Å²) < 4.78 is 88.9. The first-order chi connectivity index (χ1) is 18.8. The van der Waals surface area contributed by atoms with Gasteiger partial charge in [0.2, 0.25) is 5.88 Å². The summed E-state index contributed by atoms with van der Waals surface area (Å²) in [7, 11) is -9.22. The normalized spacial score (nSPS) is 17.4. The van der Waals surface area contributed by atoms with Gasteiger partial charge in [-0.1, -0.05) is 48.3 Å². The molecule has 1 aliphatic heterocycles. The Labute approximate surface area is 235 Å². The lowest BCUT2D eigenvalue weighted by Gasteiger charge is -2.32. The predicted octanol–water partition coefficient (Wildman–Crippen LogP) is 1.85. The van der Waals surface area contributed by atoms with E-state index >= 15 is 0 Å². The molecule has 13 nitrogen and oxygen atoms in total. The number of hydrogen-bond acceptors (Lipinski definition) is 10. The quantitative estimate of drug-likeness (QED) is 0.178. The zero-order valence-electron chi connectivity index (χ0n) is 21.6. The third-order valence-electron chi connectivity index (χ3n) is 5.66. The molecule has 1 aromatic heterocycles. The smallest absolute Gasteiger partial charge is 0.344 e. The lowest BCUT2D eigenvalue weighted by Crippen LogP contribution is -2.56. The molecule has 3 rings (SSSR count). The fourth-order valence-electron chi connectivity index (χ4n) is 3.66. The van der Waals surface area contributed by atoms with Gasteiger partial charge in [-0.15, -0.1) is 0 Å². The summed E-state index contributed by atoms with van der Waals surface area (Å²) >= 11 is 0.793. The van der Waals surface area contributed by atoms with E-state index in [4.69, 9.17) is 4.74 Å². The van der Waals surface area contributed by atoms with Crippen molar-refractivity contribution in [3.8, 4) is 5.88 Å². The van der Waals surface area contributed by atoms with Crippen molar-refractivity contribution < 1.29 is 40.3 Å². The molecule has 0 saturated carbocycles. The Morgan fingerprint density at radius 3 is 2.70 bits per heavy atom. The number of carboxylic acids is 1. The summed E-state index contributed by atoms with van der Waals surface area (Å²) in [5, 5.41) is 12.4. The third kappa shape index (κ3) is 8.93. The summed E-state index contributed by atoms with van der Waals surface area (Å²) in [5.74, 6) is -4.35. The SMILES string of the molecule is CCC[C@@H](Oc1cc(NS(=O)(=O)NS(=O)(=O)N2CCN[C@H](CC)C2)nc(SCc2cccc(F)c2F)n1)C(=O)O. The molecule has 1 aromatic carbocycles. The van der Waals surface area contributed by atoms with Gasteiger partial charge in [-0.3, -0.25) is 4.72 Å². The second-order valence-electron chi connectivity index (χ2n) is 8.72. The van der Waals surface area contributed by atoms with E-state index in [0.717, 1.165) is 28.2 Å². The van der Waals surface area contributed by atoms with Crippen molar-refractivity contribution in [1.29, 1.82) is 0 Å². The summed E-state index contributed by atoms with van der Waals surface area (Å²) in [6.45, 7) is 4.06. The molecule has 0 amide bonds. The first-order valence-corrected chi connectivity index (χ1v) is 16.1. The van der Waals surface area contributed by atoms with Gasteiger partial charge >= 0.3 is 16.2 Å². The Kier molecular flexibility index (Phi) is 11.0. The number of thioether (sulfide) groups is 1. The molecule has 2 atom stereocenters. The van der Waals surface area contributed by atoms with Crippen molar-refractivity contribution in [2.75, 3.05) is 24.4 Å². The van der Waals surface area contributed by atoms with Crippen LogP contribution < -0.4 is 18.9 Å². The van der Waals surface area contributed by atoms with Crippen LogP contribution >= 0.6 is 11.8 Å². The average Bonchev–Trinajstić information content (AvgIpc) is 2.88. The minimum Gasteiger partial charge on any atom is -0.479 e. The van der Waals surface area contributed by atoms with Crippen LogP contribution in [0.15, 0.2) is 29.4 Å². The lowest BCUT2D eigenvalue weighted by molar-refractivity contribution is -0.145. The van der Waals surface area contributed by atoms with E-state index in [1.807, 2.05) is 11.6 Å². The number of aromatic nitrogens is 2. The minimum atomic E-state index is -4.76. The fraction of sp³-hybridized carbons (Fsp3) is 0.500. The molecule has 4 N–H and O–H groups in total. The van der Waals surface area contributed by atoms with E-state index in [-0.39, 0.29) is 47.9 Å². The number of halogens is 2. The van der Waals surface area contributed by atoms with E-state index in [9.17, 15) is 35.5 Å². The molecule has 1 saturated heterocycles. The number of aliphatic carboxylic acids is 1. The number of benzene rings is 1. The number of nitrogens with zero attached hydrogens (tertiary/aromatic N) is 3. The van der Waals surface area contributed by atoms with Crippen LogP contribution in [0, 0.1) is 11.6 Å². The molecule has 222 valence electrons. The van der Waals surface area contributed by atoms with Crippen molar-refractivity contribution in [3.63, 3.8) is 0 Å². The minimum absolute atomic E-state index is 0.0226. The fourth-order valence-corrected chi connectivity index (χ4v) is 7.27. The Morgan fingerprint density at radius 2 is 2.02 bits per heavy atom. The van der Waals surface area contributed by atoms with Crippen molar-refractivity contribution in [2.24, 2.45) is 0 Å². The molecule has 2 heterocycles. The summed E-state index contributed by atoms with van der Waals surface area (Å²) in [6, 6.07) is 4.44. The van der Waals surface area contributed by atoms with E-state index < -0.39 is 49.9 Å². The Balaban J connectivity index is 1.86. The highest BCUT2D eigenvalue weighted by Crippen LogP contribution is 2.27. The summed E-state index contributed by atoms with van der Waals surface area (Å²) in [5.41, 5.74) is -0.0226. The molecule has 1 fully saturated rings. The highest BCUT2D eigenvalue weighted by atomic mass is 32.3. The topological polar surface area (TPSA) is 180 Å². The zero-order chi connectivity index (χ0) is 29.5. The van der Waals surface area contributed by atoms with Crippen LogP contribution in [0.25, 0.3) is 0 Å². The second-order valence-corrected chi connectivity index (χ2v) is 13.0. The van der Waals surface area contributed by atoms with Gasteiger partial charge < -0.3 is 15.2 Å². The van der Waals surface area contributed by atoms with Crippen LogP contribution in [-0.4, -0.2) is 74.0 Å². The second kappa shape index (κ2) is 13.8. The number of carbonyl (C=O) groups is 1. The van der Waals surface area contributed by atoms with Crippen molar-refractivity contribution >= 4 is 44.0 Å². The van der Waals surface area contributed by atoms with Crippen LogP contribution in [0.1, 0.15) is 38.7 Å². The summed E-state index contributed by atoms with van der Waals surface area (Å²) in [6.07, 6.45) is -0.119. The van der Waals surface area contributed by atoms with Crippen LogP contribution in [-0.2, 0) is 31.0 Å². The average molecular weight is 625 g/mol. The number of hydrogen-bond donors (Lipinski definition) is 4. The molecular formula is C22H30F2N6O7S3. The predicted molar refractivity (Wildman–Crippen MR) is 143 cm³/mol. The number of piperazine rings is 1. The molecule has 0 radical (unpaired) electrons. The number of ether oxygens (including phenoxy) is 1. The Bertz CT molecular complexity index is 1420. The van der Waals surface area contributed by atoms with E-state index in [2.05, 4.69) is 15.3 Å². The maximum atomic E-state index is 14.1. The van der Waals surface area contributed by atoms with Crippen molar-refractivity contribution in [2.45, 2.75) is 56.2 Å². The Morgan fingerprint density at radius 1 is 1.27 bits per heavy atom. The van der Waals surface area contributed by atoms with Gasteiger partial charge in [0.15, 0.2) is 22.9 Å². The first-order valence-electron chi connectivity index (χ1n) is 12.2. The van der Waals surface area contributed by atoms with Crippen molar-refractivity contribution in [1.82, 2.24) is 23.7 Å². The molecular weight excluding hydrogens is 594 g/mol. The molecule has 0 unspecified atom stereocenters. The molecule has 0 aliphatic carbocycles.